The molecule has 2 rings (SSSR count). The highest BCUT2D eigenvalue weighted by Crippen LogP contribution is 2.30. The lowest BCUT2D eigenvalue weighted by Crippen LogP contribution is -2.39. The second kappa shape index (κ2) is 4.35. The van der Waals surface area contributed by atoms with E-state index >= 15 is 0 Å². The molecule has 0 aliphatic carbocycles. The Labute approximate surface area is 94.9 Å². The molecule has 0 aromatic carbocycles. The number of carbonyl (C=O) groups is 1. The molecule has 2 nitrogen and oxygen atoms in total. The van der Waals surface area contributed by atoms with Crippen molar-refractivity contribution < 1.29 is 4.79 Å². The highest BCUT2D eigenvalue weighted by molar-refractivity contribution is 7.12. The summed E-state index contributed by atoms with van der Waals surface area (Å²) < 4.78 is 0. The lowest BCUT2D eigenvalue weighted by atomic mass is 9.93. The van der Waals surface area contributed by atoms with Gasteiger partial charge in [-0.1, -0.05) is 6.92 Å². The van der Waals surface area contributed by atoms with Gasteiger partial charge in [-0.15, -0.1) is 11.3 Å². The summed E-state index contributed by atoms with van der Waals surface area (Å²) in [5.41, 5.74) is 1.22. The number of rotatable bonds is 2. The van der Waals surface area contributed by atoms with Crippen LogP contribution < -0.4 is 4.90 Å². The smallest absolute Gasteiger partial charge is 0.160 e. The van der Waals surface area contributed by atoms with E-state index in [0.29, 0.717) is 6.04 Å². The zero-order valence-corrected chi connectivity index (χ0v) is 10.1. The average Bonchev–Trinajstić information content (AvgIpc) is 2.66. The molecule has 3 heteroatoms. The van der Waals surface area contributed by atoms with E-state index in [0.717, 1.165) is 23.6 Å². The van der Waals surface area contributed by atoms with Gasteiger partial charge in [0.2, 0.25) is 0 Å². The van der Waals surface area contributed by atoms with E-state index in [1.165, 1.54) is 29.9 Å². The van der Waals surface area contributed by atoms with Crippen LogP contribution in [0.2, 0.25) is 0 Å². The predicted octanol–water partition coefficient (Wildman–Crippen LogP) is 3.19. The number of thiophene rings is 1. The minimum absolute atomic E-state index is 0.600. The van der Waals surface area contributed by atoms with Crippen LogP contribution in [-0.4, -0.2) is 18.9 Å². The summed E-state index contributed by atoms with van der Waals surface area (Å²) in [4.78, 5) is 13.9. The molecule has 0 amide bonds. The Morgan fingerprint density at radius 2 is 2.33 bits per heavy atom. The normalized spacial score (nSPS) is 26.7. The average molecular weight is 223 g/mol. The van der Waals surface area contributed by atoms with E-state index in [2.05, 4.69) is 24.1 Å². The van der Waals surface area contributed by atoms with Crippen molar-refractivity contribution in [1.29, 1.82) is 0 Å². The van der Waals surface area contributed by atoms with Crippen LogP contribution in [0, 0.1) is 5.92 Å². The molecule has 2 atom stereocenters. The second-order valence-corrected chi connectivity index (χ2v) is 5.44. The van der Waals surface area contributed by atoms with E-state index in [9.17, 15) is 4.79 Å². The number of carbonyl (C=O) groups excluding carboxylic acids is 1. The molecule has 0 N–H and O–H groups in total. The van der Waals surface area contributed by atoms with E-state index < -0.39 is 0 Å². The van der Waals surface area contributed by atoms with Crippen LogP contribution in [0.15, 0.2) is 11.4 Å². The van der Waals surface area contributed by atoms with Crippen molar-refractivity contribution in [3.63, 3.8) is 0 Å². The molecule has 2 unspecified atom stereocenters. The second-order valence-electron chi connectivity index (χ2n) is 4.50. The van der Waals surface area contributed by atoms with Gasteiger partial charge < -0.3 is 4.90 Å². The third-order valence-electron chi connectivity index (χ3n) is 3.19. The van der Waals surface area contributed by atoms with Gasteiger partial charge in [-0.3, -0.25) is 4.79 Å². The summed E-state index contributed by atoms with van der Waals surface area (Å²) in [5.74, 6) is 0.834. The summed E-state index contributed by atoms with van der Waals surface area (Å²) in [6.45, 7) is 5.71. The maximum atomic E-state index is 10.6. The highest BCUT2D eigenvalue weighted by Gasteiger charge is 2.23. The monoisotopic (exact) mass is 223 g/mol. The Balaban J connectivity index is 2.12. The van der Waals surface area contributed by atoms with Crippen molar-refractivity contribution in [2.45, 2.75) is 32.7 Å². The predicted molar refractivity (Wildman–Crippen MR) is 64.9 cm³/mol. The van der Waals surface area contributed by atoms with Crippen LogP contribution in [0.5, 0.6) is 0 Å². The molecule has 0 spiro atoms. The Bertz CT molecular complexity index is 347. The number of anilines is 1. The topological polar surface area (TPSA) is 20.3 Å². The zero-order chi connectivity index (χ0) is 10.8. The van der Waals surface area contributed by atoms with Crippen molar-refractivity contribution in [1.82, 2.24) is 0 Å². The van der Waals surface area contributed by atoms with Gasteiger partial charge >= 0.3 is 0 Å². The first-order valence-electron chi connectivity index (χ1n) is 5.51. The van der Waals surface area contributed by atoms with Gasteiger partial charge in [0.1, 0.15) is 0 Å². The molecule has 1 fully saturated rings. The van der Waals surface area contributed by atoms with Crippen molar-refractivity contribution in [2.24, 2.45) is 5.92 Å². The lowest BCUT2D eigenvalue weighted by molar-refractivity contribution is 0.112. The Morgan fingerprint density at radius 1 is 1.53 bits per heavy atom. The summed E-state index contributed by atoms with van der Waals surface area (Å²) in [5, 5.41) is 2.09. The Kier molecular flexibility index (Phi) is 3.10. The number of piperidine rings is 1. The largest absolute Gasteiger partial charge is 0.368 e. The van der Waals surface area contributed by atoms with Gasteiger partial charge in [0, 0.05) is 23.7 Å². The Morgan fingerprint density at radius 3 is 2.93 bits per heavy atom. The van der Waals surface area contributed by atoms with Crippen molar-refractivity contribution >= 4 is 23.3 Å². The number of aldehydes is 1. The minimum atomic E-state index is 0.600. The molecule has 1 aliphatic heterocycles. The fourth-order valence-corrected chi connectivity index (χ4v) is 3.05. The standard InChI is InChI=1S/C12H17NOS/c1-9-3-4-13(10(2)5-9)11-6-12(7-14)15-8-11/h6-10H,3-5H2,1-2H3. The molecule has 0 bridgehead atoms. The summed E-state index contributed by atoms with van der Waals surface area (Å²) >= 11 is 1.54. The molecule has 2 heterocycles. The van der Waals surface area contributed by atoms with E-state index in [1.54, 1.807) is 0 Å². The van der Waals surface area contributed by atoms with Gasteiger partial charge in [-0.05, 0) is 31.7 Å². The molecule has 1 aromatic heterocycles. The van der Waals surface area contributed by atoms with Crippen LogP contribution in [0.25, 0.3) is 0 Å². The summed E-state index contributed by atoms with van der Waals surface area (Å²) in [6.07, 6.45) is 3.45. The van der Waals surface area contributed by atoms with E-state index in [4.69, 9.17) is 0 Å². The molecule has 1 saturated heterocycles. The number of hydrogen-bond acceptors (Lipinski definition) is 3. The van der Waals surface area contributed by atoms with Gasteiger partial charge in [0.05, 0.1) is 4.88 Å². The molecule has 82 valence electrons. The first-order valence-corrected chi connectivity index (χ1v) is 6.39. The number of hydrogen-bond donors (Lipinski definition) is 0. The van der Waals surface area contributed by atoms with Gasteiger partial charge in [0.25, 0.3) is 0 Å². The third kappa shape index (κ3) is 2.23. The Hall–Kier alpha value is -0.830. The SMILES string of the molecule is CC1CCN(c2csc(C=O)c2)C(C)C1. The minimum Gasteiger partial charge on any atom is -0.368 e. The quantitative estimate of drug-likeness (QED) is 0.718. The molecule has 15 heavy (non-hydrogen) atoms. The molecule has 1 aliphatic rings. The molecule has 0 saturated carbocycles. The third-order valence-corrected chi connectivity index (χ3v) is 4.04. The van der Waals surface area contributed by atoms with Crippen LogP contribution in [0.1, 0.15) is 36.4 Å². The van der Waals surface area contributed by atoms with Crippen LogP contribution in [0.3, 0.4) is 0 Å². The van der Waals surface area contributed by atoms with Crippen molar-refractivity contribution in [3.05, 3.63) is 16.3 Å². The van der Waals surface area contributed by atoms with Gasteiger partial charge in [-0.25, -0.2) is 0 Å². The fourth-order valence-electron chi connectivity index (χ4n) is 2.35. The molecule has 0 radical (unpaired) electrons. The molecule has 1 aromatic rings. The highest BCUT2D eigenvalue weighted by atomic mass is 32.1. The maximum absolute atomic E-state index is 10.6. The first kappa shape index (κ1) is 10.7. The van der Waals surface area contributed by atoms with E-state index in [1.807, 2.05) is 6.07 Å². The summed E-state index contributed by atoms with van der Waals surface area (Å²) in [6, 6.07) is 2.60. The van der Waals surface area contributed by atoms with Crippen molar-refractivity contribution in [2.75, 3.05) is 11.4 Å². The van der Waals surface area contributed by atoms with Gasteiger partial charge in [0.15, 0.2) is 6.29 Å². The maximum Gasteiger partial charge on any atom is 0.160 e. The zero-order valence-electron chi connectivity index (χ0n) is 9.27. The van der Waals surface area contributed by atoms with Crippen LogP contribution >= 0.6 is 11.3 Å². The van der Waals surface area contributed by atoms with Crippen LogP contribution in [0.4, 0.5) is 5.69 Å². The van der Waals surface area contributed by atoms with E-state index in [-0.39, 0.29) is 0 Å². The molecular formula is C12H17NOS. The van der Waals surface area contributed by atoms with Gasteiger partial charge in [-0.2, -0.15) is 0 Å². The van der Waals surface area contributed by atoms with Crippen LogP contribution in [-0.2, 0) is 0 Å². The summed E-state index contributed by atoms with van der Waals surface area (Å²) in [7, 11) is 0. The number of nitrogens with zero attached hydrogens (tertiary/aromatic N) is 1. The van der Waals surface area contributed by atoms with Crippen molar-refractivity contribution in [3.8, 4) is 0 Å². The first-order chi connectivity index (χ1) is 7.20. The fraction of sp³-hybridized carbons (Fsp3) is 0.583. The lowest BCUT2D eigenvalue weighted by Gasteiger charge is -2.37. The molecular weight excluding hydrogens is 206 g/mol.